The predicted molar refractivity (Wildman–Crippen MR) is 73.1 cm³/mol. The van der Waals surface area contributed by atoms with Crippen LogP contribution in [0.4, 0.5) is 10.5 Å². The molecule has 7 heteroatoms. The van der Waals surface area contributed by atoms with Crippen LogP contribution in [0.25, 0.3) is 0 Å². The van der Waals surface area contributed by atoms with Crippen molar-refractivity contribution in [3.05, 3.63) is 17.5 Å². The van der Waals surface area contributed by atoms with Crippen LogP contribution in [0.1, 0.15) is 30.0 Å². The number of rotatable bonds is 2. The summed E-state index contributed by atoms with van der Waals surface area (Å²) in [6, 6.07) is 1.29. The molecule has 0 unspecified atom stereocenters. The zero-order valence-electron chi connectivity index (χ0n) is 11.8. The fraction of sp³-hybridized carbons (Fsp3) is 0.538. The molecular formula is C13H19N3O4. The van der Waals surface area contributed by atoms with Crippen molar-refractivity contribution >= 4 is 17.7 Å². The molecule has 1 saturated heterocycles. The minimum atomic E-state index is -1.10. The van der Waals surface area contributed by atoms with E-state index in [1.54, 1.807) is 17.9 Å². The Morgan fingerprint density at radius 2 is 2.20 bits per heavy atom. The number of aryl methyl sites for hydroxylation is 1. The van der Waals surface area contributed by atoms with Gasteiger partial charge in [0.05, 0.1) is 24.4 Å². The summed E-state index contributed by atoms with van der Waals surface area (Å²) >= 11 is 0. The zero-order chi connectivity index (χ0) is 14.9. The SMILES string of the molecule is Cc1cc(NC(=O)N2CCOC(C)(C)C2)c(C(=O)O)[nH]1. The van der Waals surface area contributed by atoms with Crippen LogP contribution in [0.3, 0.4) is 0 Å². The summed E-state index contributed by atoms with van der Waals surface area (Å²) in [6.45, 7) is 6.98. The number of H-pyrrole nitrogens is 1. The van der Waals surface area contributed by atoms with Crippen molar-refractivity contribution in [3.63, 3.8) is 0 Å². The highest BCUT2D eigenvalue weighted by Gasteiger charge is 2.30. The number of nitrogens with one attached hydrogen (secondary N) is 2. The van der Waals surface area contributed by atoms with E-state index in [2.05, 4.69) is 10.3 Å². The van der Waals surface area contributed by atoms with Gasteiger partial charge >= 0.3 is 12.0 Å². The molecule has 0 aromatic carbocycles. The maximum absolute atomic E-state index is 12.2. The number of aromatic carboxylic acids is 1. The number of amides is 2. The van der Waals surface area contributed by atoms with Crippen LogP contribution in [0, 0.1) is 6.92 Å². The van der Waals surface area contributed by atoms with Gasteiger partial charge in [0.15, 0.2) is 0 Å². The first-order valence-corrected chi connectivity index (χ1v) is 6.41. The molecule has 1 aliphatic heterocycles. The van der Waals surface area contributed by atoms with E-state index in [0.717, 1.165) is 0 Å². The number of aromatic nitrogens is 1. The molecule has 0 aliphatic carbocycles. The van der Waals surface area contributed by atoms with E-state index in [1.807, 2.05) is 13.8 Å². The number of hydrogen-bond donors (Lipinski definition) is 3. The van der Waals surface area contributed by atoms with Gasteiger partial charge in [0.2, 0.25) is 0 Å². The fourth-order valence-electron chi connectivity index (χ4n) is 2.24. The molecule has 2 rings (SSSR count). The number of morpholine rings is 1. The highest BCUT2D eigenvalue weighted by Crippen LogP contribution is 2.20. The molecule has 1 aromatic heterocycles. The topological polar surface area (TPSA) is 94.7 Å². The molecule has 1 aliphatic rings. The van der Waals surface area contributed by atoms with E-state index in [4.69, 9.17) is 9.84 Å². The number of hydrogen-bond acceptors (Lipinski definition) is 3. The molecule has 20 heavy (non-hydrogen) atoms. The molecule has 2 heterocycles. The summed E-state index contributed by atoms with van der Waals surface area (Å²) < 4.78 is 5.54. The average molecular weight is 281 g/mol. The summed E-state index contributed by atoms with van der Waals surface area (Å²) in [6.07, 6.45) is 0. The van der Waals surface area contributed by atoms with Crippen LogP contribution in [0.5, 0.6) is 0 Å². The highest BCUT2D eigenvalue weighted by atomic mass is 16.5. The number of nitrogens with zero attached hydrogens (tertiary/aromatic N) is 1. The second kappa shape index (κ2) is 5.16. The van der Waals surface area contributed by atoms with Gasteiger partial charge in [-0.1, -0.05) is 0 Å². The van der Waals surface area contributed by atoms with Gasteiger partial charge in [-0.3, -0.25) is 0 Å². The third kappa shape index (κ3) is 3.11. The van der Waals surface area contributed by atoms with E-state index in [9.17, 15) is 9.59 Å². The van der Waals surface area contributed by atoms with E-state index >= 15 is 0 Å². The van der Waals surface area contributed by atoms with Gasteiger partial charge in [0, 0.05) is 12.2 Å². The molecule has 2 amide bonds. The van der Waals surface area contributed by atoms with Gasteiger partial charge in [-0.2, -0.15) is 0 Å². The Hall–Kier alpha value is -2.02. The van der Waals surface area contributed by atoms with Crippen molar-refractivity contribution in [1.29, 1.82) is 0 Å². The van der Waals surface area contributed by atoms with E-state index in [1.165, 1.54) is 0 Å². The molecule has 7 nitrogen and oxygen atoms in total. The monoisotopic (exact) mass is 281 g/mol. The first-order chi connectivity index (χ1) is 9.28. The molecule has 1 fully saturated rings. The smallest absolute Gasteiger partial charge is 0.354 e. The van der Waals surface area contributed by atoms with Gasteiger partial charge < -0.3 is 25.0 Å². The summed E-state index contributed by atoms with van der Waals surface area (Å²) in [4.78, 5) is 27.6. The first kappa shape index (κ1) is 14.4. The van der Waals surface area contributed by atoms with Crippen molar-refractivity contribution < 1.29 is 19.4 Å². The van der Waals surface area contributed by atoms with Crippen LogP contribution in [-0.2, 0) is 4.74 Å². The summed E-state index contributed by atoms with van der Waals surface area (Å²) in [5, 5.41) is 11.7. The van der Waals surface area contributed by atoms with Crippen molar-refractivity contribution in [2.24, 2.45) is 0 Å². The predicted octanol–water partition coefficient (Wildman–Crippen LogP) is 1.66. The number of carbonyl (C=O) groups excluding carboxylic acids is 1. The Morgan fingerprint density at radius 3 is 2.80 bits per heavy atom. The van der Waals surface area contributed by atoms with Gasteiger partial charge in [-0.15, -0.1) is 0 Å². The lowest BCUT2D eigenvalue weighted by atomic mass is 10.1. The van der Waals surface area contributed by atoms with Crippen LogP contribution in [0.2, 0.25) is 0 Å². The Balaban J connectivity index is 2.10. The number of anilines is 1. The minimum Gasteiger partial charge on any atom is -0.477 e. The normalized spacial score (nSPS) is 17.9. The van der Waals surface area contributed by atoms with Crippen molar-refractivity contribution in [2.75, 3.05) is 25.0 Å². The molecule has 0 saturated carbocycles. The summed E-state index contributed by atoms with van der Waals surface area (Å²) in [5.41, 5.74) is 0.562. The second-order valence-corrected chi connectivity index (χ2v) is 5.51. The number of carboxylic acids is 1. The second-order valence-electron chi connectivity index (χ2n) is 5.51. The van der Waals surface area contributed by atoms with Crippen LogP contribution in [0.15, 0.2) is 6.07 Å². The van der Waals surface area contributed by atoms with E-state index < -0.39 is 5.97 Å². The largest absolute Gasteiger partial charge is 0.477 e. The lowest BCUT2D eigenvalue weighted by Crippen LogP contribution is -2.51. The standard InChI is InChI=1S/C13H19N3O4/c1-8-6-9(10(14-8)11(17)18)15-12(19)16-4-5-20-13(2,3)7-16/h6,14H,4-5,7H2,1-3H3,(H,15,19)(H,17,18). The molecule has 0 radical (unpaired) electrons. The lowest BCUT2D eigenvalue weighted by Gasteiger charge is -2.37. The maximum Gasteiger partial charge on any atom is 0.354 e. The van der Waals surface area contributed by atoms with E-state index in [-0.39, 0.29) is 23.0 Å². The Kier molecular flexibility index (Phi) is 3.71. The number of ether oxygens (including phenoxy) is 1. The molecular weight excluding hydrogens is 262 g/mol. The van der Waals surface area contributed by atoms with E-state index in [0.29, 0.717) is 25.4 Å². The van der Waals surface area contributed by atoms with Crippen LogP contribution < -0.4 is 5.32 Å². The first-order valence-electron chi connectivity index (χ1n) is 6.41. The molecule has 1 aromatic rings. The molecule has 110 valence electrons. The fourth-order valence-corrected chi connectivity index (χ4v) is 2.24. The third-order valence-electron chi connectivity index (χ3n) is 3.12. The zero-order valence-corrected chi connectivity index (χ0v) is 11.8. The molecule has 0 bridgehead atoms. The van der Waals surface area contributed by atoms with Crippen LogP contribution in [-0.4, -0.2) is 52.3 Å². The Morgan fingerprint density at radius 1 is 1.50 bits per heavy atom. The van der Waals surface area contributed by atoms with Gasteiger partial charge in [0.1, 0.15) is 5.69 Å². The Labute approximate surface area is 116 Å². The molecule has 0 atom stereocenters. The van der Waals surface area contributed by atoms with Crippen molar-refractivity contribution in [1.82, 2.24) is 9.88 Å². The van der Waals surface area contributed by atoms with Crippen molar-refractivity contribution in [3.8, 4) is 0 Å². The number of carboxylic acid groups (broad SMARTS) is 1. The highest BCUT2D eigenvalue weighted by molar-refractivity contribution is 5.99. The van der Waals surface area contributed by atoms with Gasteiger partial charge in [0.25, 0.3) is 0 Å². The number of carbonyl (C=O) groups is 2. The third-order valence-corrected chi connectivity index (χ3v) is 3.12. The van der Waals surface area contributed by atoms with Gasteiger partial charge in [-0.05, 0) is 26.8 Å². The lowest BCUT2D eigenvalue weighted by molar-refractivity contribution is -0.0720. The molecule has 0 spiro atoms. The minimum absolute atomic E-state index is 0.0108. The average Bonchev–Trinajstić information content (AvgIpc) is 2.69. The van der Waals surface area contributed by atoms with Crippen LogP contribution >= 0.6 is 0 Å². The van der Waals surface area contributed by atoms with Gasteiger partial charge in [-0.25, -0.2) is 9.59 Å². The summed E-state index contributed by atoms with van der Waals surface area (Å²) in [7, 11) is 0. The summed E-state index contributed by atoms with van der Waals surface area (Å²) in [5.74, 6) is -1.10. The number of urea groups is 1. The Bertz CT molecular complexity index is 536. The number of aromatic amines is 1. The molecule has 3 N–H and O–H groups in total. The van der Waals surface area contributed by atoms with Crippen molar-refractivity contribution in [2.45, 2.75) is 26.4 Å². The maximum atomic E-state index is 12.2. The quantitative estimate of drug-likeness (QED) is 0.768.